The molecule has 2 amide bonds. The second kappa shape index (κ2) is 13.2. The molecule has 0 aromatic heterocycles. The van der Waals surface area contributed by atoms with Crippen LogP contribution >= 0.6 is 0 Å². The van der Waals surface area contributed by atoms with Crippen molar-refractivity contribution >= 4 is 22.0 Å². The van der Waals surface area contributed by atoms with Crippen LogP contribution in [0.2, 0.25) is 0 Å². The van der Waals surface area contributed by atoms with Gasteiger partial charge in [-0.3, -0.25) is 4.79 Å². The van der Waals surface area contributed by atoms with E-state index in [1.54, 1.807) is 34.6 Å². The molecule has 4 atom stereocenters. The molecule has 4 N–H and O–H groups in total. The standard InChI is InChI=1S/C31H34F2N4O5S/c32-23-11-6-20(7-12-23)28(21-8-13-24(33)14-9-21)29(36-31(39)40)30(38)35-27-18-22(27)10-15-25-19-34-16-17-37(25)43(41,42)26-4-2-1-3-5-26/h1-9,11-14,22,25,27-29,34,36H,10,15-19H2,(H,35,38)(H,39,40)/t22?,25?,27?,29-/m1/s1. The fourth-order valence-electron chi connectivity index (χ4n) is 5.81. The van der Waals surface area contributed by atoms with Gasteiger partial charge in [-0.1, -0.05) is 42.5 Å². The lowest BCUT2D eigenvalue weighted by atomic mass is 9.84. The molecule has 3 unspecified atom stereocenters. The quantitative estimate of drug-likeness (QED) is 0.262. The van der Waals surface area contributed by atoms with Gasteiger partial charge in [0.1, 0.15) is 17.7 Å². The average molecular weight is 613 g/mol. The third-order valence-electron chi connectivity index (χ3n) is 8.12. The lowest BCUT2D eigenvalue weighted by Crippen LogP contribution is -2.53. The summed E-state index contributed by atoms with van der Waals surface area (Å²) in [5.41, 5.74) is 0.970. The van der Waals surface area contributed by atoms with Gasteiger partial charge < -0.3 is 21.1 Å². The second-order valence-electron chi connectivity index (χ2n) is 11.0. The number of nitrogens with zero attached hydrogens (tertiary/aromatic N) is 1. The minimum Gasteiger partial charge on any atom is -0.465 e. The van der Waals surface area contributed by atoms with Gasteiger partial charge in [0.05, 0.1) is 4.90 Å². The van der Waals surface area contributed by atoms with Gasteiger partial charge in [-0.05, 0) is 72.7 Å². The third-order valence-corrected chi connectivity index (χ3v) is 10.1. The maximum absolute atomic E-state index is 13.7. The van der Waals surface area contributed by atoms with E-state index in [-0.39, 0.29) is 22.9 Å². The van der Waals surface area contributed by atoms with E-state index >= 15 is 0 Å². The van der Waals surface area contributed by atoms with Crippen molar-refractivity contribution in [2.75, 3.05) is 19.6 Å². The number of amides is 2. The predicted molar refractivity (Wildman–Crippen MR) is 156 cm³/mol. The van der Waals surface area contributed by atoms with Crippen molar-refractivity contribution in [2.24, 2.45) is 5.92 Å². The Morgan fingerprint density at radius 3 is 2.12 bits per heavy atom. The van der Waals surface area contributed by atoms with E-state index in [0.717, 1.165) is 0 Å². The Labute approximate surface area is 249 Å². The normalized spacial score (nSPS) is 21.2. The molecular weight excluding hydrogens is 578 g/mol. The fourth-order valence-corrected chi connectivity index (χ4v) is 7.48. The highest BCUT2D eigenvalue weighted by Gasteiger charge is 2.42. The highest BCUT2D eigenvalue weighted by molar-refractivity contribution is 7.89. The molecule has 3 aromatic carbocycles. The zero-order chi connectivity index (χ0) is 30.6. The van der Waals surface area contributed by atoms with Crippen LogP contribution < -0.4 is 16.0 Å². The summed E-state index contributed by atoms with van der Waals surface area (Å²) in [7, 11) is -3.65. The van der Waals surface area contributed by atoms with Gasteiger partial charge in [0.15, 0.2) is 0 Å². The number of sulfonamides is 1. The summed E-state index contributed by atoms with van der Waals surface area (Å²) in [6.45, 7) is 1.45. The van der Waals surface area contributed by atoms with Crippen molar-refractivity contribution in [1.29, 1.82) is 0 Å². The van der Waals surface area contributed by atoms with Crippen LogP contribution in [0, 0.1) is 17.6 Å². The number of piperazine rings is 1. The SMILES string of the molecule is O=C(O)N[C@@H](C(=O)NC1CC1CCC1CNCCN1S(=O)(=O)c1ccccc1)C(c1ccc(F)cc1)c1ccc(F)cc1. The molecule has 2 aliphatic rings. The van der Waals surface area contributed by atoms with Gasteiger partial charge in [0.25, 0.3) is 0 Å². The topological polar surface area (TPSA) is 128 Å². The molecule has 0 radical (unpaired) electrons. The van der Waals surface area contributed by atoms with Crippen molar-refractivity contribution in [1.82, 2.24) is 20.3 Å². The number of hydrogen-bond acceptors (Lipinski definition) is 5. The Hall–Kier alpha value is -3.87. The maximum atomic E-state index is 13.7. The Kier molecular flexibility index (Phi) is 9.38. The highest BCUT2D eigenvalue weighted by Crippen LogP contribution is 2.37. The van der Waals surface area contributed by atoms with Crippen molar-refractivity contribution in [3.63, 3.8) is 0 Å². The summed E-state index contributed by atoms with van der Waals surface area (Å²) in [5.74, 6) is -2.27. The van der Waals surface area contributed by atoms with E-state index in [1.165, 1.54) is 48.5 Å². The highest BCUT2D eigenvalue weighted by atomic mass is 32.2. The lowest BCUT2D eigenvalue weighted by Gasteiger charge is -2.35. The van der Waals surface area contributed by atoms with Crippen LogP contribution in [0.25, 0.3) is 0 Å². The van der Waals surface area contributed by atoms with Crippen molar-refractivity contribution < 1.29 is 31.9 Å². The molecule has 0 bridgehead atoms. The Bertz CT molecular complexity index is 1480. The van der Waals surface area contributed by atoms with Gasteiger partial charge in [0, 0.05) is 37.6 Å². The summed E-state index contributed by atoms with van der Waals surface area (Å²) in [6.07, 6.45) is 0.538. The molecule has 1 aliphatic heterocycles. The summed E-state index contributed by atoms with van der Waals surface area (Å²) in [5, 5.41) is 18.1. The first-order valence-corrected chi connectivity index (χ1v) is 15.7. The summed E-state index contributed by atoms with van der Waals surface area (Å²) in [6, 6.07) is 17.4. The van der Waals surface area contributed by atoms with Gasteiger partial charge in [0.2, 0.25) is 15.9 Å². The Morgan fingerprint density at radius 1 is 0.930 bits per heavy atom. The van der Waals surface area contributed by atoms with Crippen LogP contribution in [0.5, 0.6) is 0 Å². The molecule has 0 spiro atoms. The monoisotopic (exact) mass is 612 g/mol. The molecule has 2 fully saturated rings. The number of rotatable bonds is 11. The molecule has 3 aromatic rings. The van der Waals surface area contributed by atoms with Gasteiger partial charge >= 0.3 is 6.09 Å². The van der Waals surface area contributed by atoms with Gasteiger partial charge in [-0.15, -0.1) is 0 Å². The number of carbonyl (C=O) groups excluding carboxylic acids is 1. The number of halogens is 2. The summed E-state index contributed by atoms with van der Waals surface area (Å²) < 4.78 is 55.6. The number of carboxylic acid groups (broad SMARTS) is 1. The zero-order valence-corrected chi connectivity index (χ0v) is 24.1. The van der Waals surface area contributed by atoms with E-state index in [9.17, 15) is 31.9 Å². The first-order chi connectivity index (χ1) is 20.6. The van der Waals surface area contributed by atoms with Crippen LogP contribution in [0.3, 0.4) is 0 Å². The van der Waals surface area contributed by atoms with Crippen molar-refractivity contribution in [3.05, 3.63) is 102 Å². The lowest BCUT2D eigenvalue weighted by molar-refractivity contribution is -0.123. The minimum absolute atomic E-state index is 0.104. The molecule has 228 valence electrons. The van der Waals surface area contributed by atoms with Crippen molar-refractivity contribution in [2.45, 2.75) is 48.2 Å². The van der Waals surface area contributed by atoms with Crippen LogP contribution in [0.4, 0.5) is 13.6 Å². The summed E-state index contributed by atoms with van der Waals surface area (Å²) >= 11 is 0. The number of nitrogens with one attached hydrogen (secondary N) is 3. The van der Waals surface area contributed by atoms with E-state index in [1.807, 2.05) is 0 Å². The molecule has 1 saturated heterocycles. The van der Waals surface area contributed by atoms with Crippen LogP contribution in [-0.2, 0) is 14.8 Å². The molecular formula is C31H34F2N4O5S. The minimum atomic E-state index is -3.65. The summed E-state index contributed by atoms with van der Waals surface area (Å²) in [4.78, 5) is 25.6. The Balaban J connectivity index is 1.27. The predicted octanol–water partition coefficient (Wildman–Crippen LogP) is 3.68. The molecule has 1 aliphatic carbocycles. The smallest absolute Gasteiger partial charge is 0.405 e. The maximum Gasteiger partial charge on any atom is 0.405 e. The third kappa shape index (κ3) is 7.38. The number of carbonyl (C=O) groups is 2. The van der Waals surface area contributed by atoms with E-state index < -0.39 is 45.6 Å². The van der Waals surface area contributed by atoms with Gasteiger partial charge in [-0.2, -0.15) is 4.31 Å². The molecule has 1 saturated carbocycles. The Morgan fingerprint density at radius 2 is 1.53 bits per heavy atom. The fraction of sp³-hybridized carbons (Fsp3) is 0.355. The second-order valence-corrected chi connectivity index (χ2v) is 12.9. The first kappa shape index (κ1) is 30.6. The molecule has 1 heterocycles. The van der Waals surface area contributed by atoms with E-state index in [4.69, 9.17) is 0 Å². The average Bonchev–Trinajstić information content (AvgIpc) is 3.75. The molecule has 12 heteroatoms. The number of hydrogen-bond donors (Lipinski definition) is 4. The molecule has 43 heavy (non-hydrogen) atoms. The van der Waals surface area contributed by atoms with Gasteiger partial charge in [-0.25, -0.2) is 22.0 Å². The van der Waals surface area contributed by atoms with Crippen LogP contribution in [0.15, 0.2) is 83.8 Å². The molecule has 9 nitrogen and oxygen atoms in total. The molecule has 5 rings (SSSR count). The van der Waals surface area contributed by atoms with Crippen LogP contribution in [-0.4, -0.2) is 67.6 Å². The first-order valence-electron chi connectivity index (χ1n) is 14.2. The van der Waals surface area contributed by atoms with Crippen LogP contribution in [0.1, 0.15) is 36.3 Å². The largest absolute Gasteiger partial charge is 0.465 e. The number of benzene rings is 3. The zero-order valence-electron chi connectivity index (χ0n) is 23.3. The van der Waals surface area contributed by atoms with E-state index in [2.05, 4.69) is 16.0 Å². The van der Waals surface area contributed by atoms with Crippen molar-refractivity contribution in [3.8, 4) is 0 Å². The van der Waals surface area contributed by atoms with E-state index in [0.29, 0.717) is 50.0 Å².